The number of hydrogen-bond acceptors (Lipinski definition) is 6. The van der Waals surface area contributed by atoms with Gasteiger partial charge in [0.1, 0.15) is 34.9 Å². The molecule has 0 radical (unpaired) electrons. The van der Waals surface area contributed by atoms with Crippen LogP contribution < -0.4 is 21.5 Å². The van der Waals surface area contributed by atoms with Crippen LogP contribution in [0.2, 0.25) is 0 Å². The second-order valence-electron chi connectivity index (χ2n) is 9.52. The predicted octanol–water partition coefficient (Wildman–Crippen LogP) is 2.08. The number of nitrogens with one attached hydrogen (secondary N) is 3. The highest BCUT2D eigenvalue weighted by molar-refractivity contribution is 5.97. The zero-order valence-electron chi connectivity index (χ0n) is 20.0. The van der Waals surface area contributed by atoms with Crippen LogP contribution in [0.1, 0.15) is 36.9 Å². The van der Waals surface area contributed by atoms with Crippen LogP contribution in [-0.2, 0) is 15.8 Å². The standard InChI is InChI=1S/C26H24FN5O5.H2/c1-25(23(28)34)12-37-21-16(25)10-19(32-20(21)13-3-6-15(27)7-4-13)26(2,36)11-29-22(33)14-5-8-17-18(9-14)31-24(35)30-17;/h3-10,36H,11-12H2,1-2H3,(H2,28,34)(H,29,33)(H2,30,31,35);1H/t25-,26-;/m0./s1. The second-order valence-corrected chi connectivity index (χ2v) is 9.52. The molecule has 5 rings (SSSR count). The summed E-state index contributed by atoms with van der Waals surface area (Å²) in [5, 5.41) is 14.0. The van der Waals surface area contributed by atoms with Crippen LogP contribution in [0.4, 0.5) is 4.39 Å². The summed E-state index contributed by atoms with van der Waals surface area (Å²) in [5.41, 5.74) is 5.19. The fourth-order valence-corrected chi connectivity index (χ4v) is 4.29. The number of hydrogen-bond donors (Lipinski definition) is 5. The van der Waals surface area contributed by atoms with E-state index >= 15 is 0 Å². The largest absolute Gasteiger partial charge is 0.489 e. The lowest BCUT2D eigenvalue weighted by atomic mass is 9.82. The number of halogens is 1. The number of nitrogens with zero attached hydrogens (tertiary/aromatic N) is 1. The molecular formula is C26H26FN5O5. The third-order valence-corrected chi connectivity index (χ3v) is 6.66. The van der Waals surface area contributed by atoms with Gasteiger partial charge in [0.15, 0.2) is 0 Å². The molecule has 0 saturated carbocycles. The maximum Gasteiger partial charge on any atom is 0.323 e. The van der Waals surface area contributed by atoms with Crippen molar-refractivity contribution in [2.24, 2.45) is 5.73 Å². The number of ether oxygens (including phenoxy) is 1. The minimum absolute atomic E-state index is 0. The van der Waals surface area contributed by atoms with Crippen LogP contribution >= 0.6 is 0 Å². The van der Waals surface area contributed by atoms with Crippen molar-refractivity contribution in [3.8, 4) is 17.0 Å². The van der Waals surface area contributed by atoms with Crippen LogP contribution in [0.5, 0.6) is 5.75 Å². The topological polar surface area (TPSA) is 163 Å². The molecule has 6 N–H and O–H groups in total. The van der Waals surface area contributed by atoms with E-state index in [0.29, 0.717) is 33.6 Å². The summed E-state index contributed by atoms with van der Waals surface area (Å²) in [6.45, 7) is 2.87. The molecule has 0 bridgehead atoms. The molecule has 0 fully saturated rings. The molecule has 2 amide bonds. The Labute approximate surface area is 211 Å². The van der Waals surface area contributed by atoms with E-state index in [1.807, 2.05) is 0 Å². The molecule has 10 nitrogen and oxygen atoms in total. The van der Waals surface area contributed by atoms with Crippen LogP contribution in [0.25, 0.3) is 22.3 Å². The molecule has 11 heteroatoms. The van der Waals surface area contributed by atoms with E-state index in [1.165, 1.54) is 37.3 Å². The Morgan fingerprint density at radius 1 is 1.22 bits per heavy atom. The summed E-state index contributed by atoms with van der Waals surface area (Å²) in [6.07, 6.45) is 0. The number of carbonyl (C=O) groups excluding carboxylic acids is 2. The van der Waals surface area contributed by atoms with Crippen LogP contribution in [-0.4, -0.2) is 45.0 Å². The fourth-order valence-electron chi connectivity index (χ4n) is 4.29. The number of fused-ring (bicyclic) bond motifs is 2. The van der Waals surface area contributed by atoms with E-state index in [-0.39, 0.29) is 31.5 Å². The lowest BCUT2D eigenvalue weighted by Crippen LogP contribution is -2.41. The predicted molar refractivity (Wildman–Crippen MR) is 135 cm³/mol. The molecule has 4 aromatic rings. The first-order valence-electron chi connectivity index (χ1n) is 11.5. The van der Waals surface area contributed by atoms with Gasteiger partial charge in [-0.25, -0.2) is 14.2 Å². The maximum atomic E-state index is 13.6. The SMILES string of the molecule is C[C@](O)(CNC(=O)c1ccc2[nH]c(=O)[nH]c2c1)c1cc2c(c(-c3ccc(F)cc3)n1)OC[C@]2(C)C(N)=O.[HH]. The number of H-pyrrole nitrogens is 2. The zero-order chi connectivity index (χ0) is 26.5. The van der Waals surface area contributed by atoms with Gasteiger partial charge in [-0.15, -0.1) is 0 Å². The molecule has 3 heterocycles. The highest BCUT2D eigenvalue weighted by atomic mass is 19.1. The molecule has 2 aromatic heterocycles. The first-order valence-corrected chi connectivity index (χ1v) is 11.5. The Balaban J connectivity index is 0.00000336. The molecule has 0 aliphatic carbocycles. The third kappa shape index (κ3) is 4.23. The molecule has 1 aliphatic rings. The summed E-state index contributed by atoms with van der Waals surface area (Å²) in [4.78, 5) is 46.4. The van der Waals surface area contributed by atoms with Gasteiger partial charge in [-0.2, -0.15) is 0 Å². The third-order valence-electron chi connectivity index (χ3n) is 6.66. The summed E-state index contributed by atoms with van der Waals surface area (Å²) in [5.74, 6) is -1.20. The minimum Gasteiger partial charge on any atom is -0.489 e. The average Bonchev–Trinajstić information content (AvgIpc) is 3.41. The van der Waals surface area contributed by atoms with Crippen molar-refractivity contribution in [2.75, 3.05) is 13.2 Å². The van der Waals surface area contributed by atoms with Crippen LogP contribution in [0.15, 0.2) is 53.3 Å². The molecule has 0 unspecified atom stereocenters. The molecule has 1 aliphatic heterocycles. The number of aromatic nitrogens is 3. The number of primary amides is 1. The van der Waals surface area contributed by atoms with Gasteiger partial charge in [-0.1, -0.05) is 0 Å². The number of nitrogens with two attached hydrogens (primary N) is 1. The summed E-state index contributed by atoms with van der Waals surface area (Å²) < 4.78 is 19.4. The summed E-state index contributed by atoms with van der Waals surface area (Å²) >= 11 is 0. The van der Waals surface area contributed by atoms with Crippen molar-refractivity contribution in [2.45, 2.75) is 24.9 Å². The normalized spacial score (nSPS) is 18.2. The number of carbonyl (C=O) groups is 2. The monoisotopic (exact) mass is 507 g/mol. The van der Waals surface area contributed by atoms with Gasteiger partial charge >= 0.3 is 5.69 Å². The van der Waals surface area contributed by atoms with Crippen molar-refractivity contribution in [1.82, 2.24) is 20.3 Å². The highest BCUT2D eigenvalue weighted by Crippen LogP contribution is 2.45. The quantitative estimate of drug-likeness (QED) is 0.268. The van der Waals surface area contributed by atoms with Crippen molar-refractivity contribution in [1.29, 1.82) is 0 Å². The van der Waals surface area contributed by atoms with Crippen molar-refractivity contribution < 1.29 is 25.2 Å². The number of benzene rings is 2. The summed E-state index contributed by atoms with van der Waals surface area (Å²) in [6, 6.07) is 11.8. The van der Waals surface area contributed by atoms with Gasteiger partial charge in [0, 0.05) is 18.1 Å². The fraction of sp³-hybridized carbons (Fsp3) is 0.231. The molecule has 37 heavy (non-hydrogen) atoms. The van der Waals surface area contributed by atoms with Crippen LogP contribution in [0, 0.1) is 5.82 Å². The number of amides is 2. The number of pyridine rings is 1. The van der Waals surface area contributed by atoms with E-state index in [4.69, 9.17) is 10.5 Å². The van der Waals surface area contributed by atoms with Crippen LogP contribution in [0.3, 0.4) is 0 Å². The molecule has 2 aromatic carbocycles. The first kappa shape index (κ1) is 24.2. The van der Waals surface area contributed by atoms with E-state index in [2.05, 4.69) is 20.3 Å². The number of rotatable bonds is 6. The number of aliphatic hydroxyl groups is 1. The Morgan fingerprint density at radius 3 is 2.62 bits per heavy atom. The average molecular weight is 508 g/mol. The summed E-state index contributed by atoms with van der Waals surface area (Å²) in [7, 11) is 0. The highest BCUT2D eigenvalue weighted by Gasteiger charge is 2.45. The number of aromatic amines is 2. The Bertz CT molecular complexity index is 1610. The van der Waals surface area contributed by atoms with E-state index in [9.17, 15) is 23.9 Å². The number of imidazole rings is 1. The van der Waals surface area contributed by atoms with E-state index in [1.54, 1.807) is 25.1 Å². The first-order chi connectivity index (χ1) is 17.5. The smallest absolute Gasteiger partial charge is 0.323 e. The van der Waals surface area contributed by atoms with E-state index < -0.39 is 28.6 Å². The molecule has 192 valence electrons. The van der Waals surface area contributed by atoms with Gasteiger partial charge < -0.3 is 30.9 Å². The Hall–Kier alpha value is -4.51. The minimum atomic E-state index is -1.67. The van der Waals surface area contributed by atoms with E-state index in [0.717, 1.165) is 0 Å². The zero-order valence-corrected chi connectivity index (χ0v) is 20.0. The van der Waals surface area contributed by atoms with Gasteiger partial charge in [-0.05, 0) is 62.4 Å². The maximum absolute atomic E-state index is 13.6. The molecule has 0 spiro atoms. The van der Waals surface area contributed by atoms with Gasteiger partial charge in [0.05, 0.1) is 23.3 Å². The van der Waals surface area contributed by atoms with Gasteiger partial charge in [0.2, 0.25) is 5.91 Å². The van der Waals surface area contributed by atoms with Crippen molar-refractivity contribution in [3.63, 3.8) is 0 Å². The molecule has 2 atom stereocenters. The van der Waals surface area contributed by atoms with Gasteiger partial charge in [0.25, 0.3) is 5.91 Å². The molecule has 0 saturated heterocycles. The van der Waals surface area contributed by atoms with Gasteiger partial charge in [-0.3, -0.25) is 9.59 Å². The lowest BCUT2D eigenvalue weighted by molar-refractivity contribution is -0.123. The second kappa shape index (κ2) is 8.56. The Kier molecular flexibility index (Phi) is 5.60. The lowest BCUT2D eigenvalue weighted by Gasteiger charge is -2.26. The molecular weight excluding hydrogens is 481 g/mol. The van der Waals surface area contributed by atoms with Crippen molar-refractivity contribution in [3.05, 3.63) is 81.7 Å². The van der Waals surface area contributed by atoms with Crippen molar-refractivity contribution >= 4 is 22.8 Å². The Morgan fingerprint density at radius 2 is 1.92 bits per heavy atom.